The van der Waals surface area contributed by atoms with Crippen LogP contribution in [0.2, 0.25) is 5.02 Å². The summed E-state index contributed by atoms with van der Waals surface area (Å²) < 4.78 is 73.1. The van der Waals surface area contributed by atoms with Crippen LogP contribution in [0.4, 0.5) is 18.9 Å². The van der Waals surface area contributed by atoms with Crippen LogP contribution in [0.1, 0.15) is 16.7 Å². The first-order valence-electron chi connectivity index (χ1n) is 10.6. The van der Waals surface area contributed by atoms with Crippen molar-refractivity contribution < 1.29 is 36.2 Å². The molecule has 14 heteroatoms. The molecule has 0 heterocycles. The largest absolute Gasteiger partial charge is 0.503 e. The van der Waals surface area contributed by atoms with Crippen molar-refractivity contribution >= 4 is 55.4 Å². The van der Waals surface area contributed by atoms with Crippen molar-refractivity contribution in [3.63, 3.8) is 0 Å². The quantitative estimate of drug-likeness (QED) is 0.252. The summed E-state index contributed by atoms with van der Waals surface area (Å²) in [5.74, 6) is -0.956. The molecule has 0 fully saturated rings. The standard InChI is InChI=1S/C24H20BrClF3N3O5S/c1-14-3-6-17(7-4-14)38(35,36)32(16-5-8-20(26)18(11-16)24(27,28)29)13-22(33)31-30-12-15-9-19(25)23(34)21(10-15)37-2/h3-12,34H,13H2,1-2H3,(H,31,33)/b30-12-. The van der Waals surface area contributed by atoms with Gasteiger partial charge in [0.25, 0.3) is 15.9 Å². The zero-order chi connectivity index (χ0) is 28.3. The molecule has 0 aliphatic rings. The highest BCUT2D eigenvalue weighted by Crippen LogP contribution is 2.38. The predicted octanol–water partition coefficient (Wildman–Crippen LogP) is 5.49. The summed E-state index contributed by atoms with van der Waals surface area (Å²) in [5, 5.41) is 13.0. The van der Waals surface area contributed by atoms with Crippen LogP contribution in [0.5, 0.6) is 11.5 Å². The van der Waals surface area contributed by atoms with Gasteiger partial charge in [-0.15, -0.1) is 0 Å². The molecule has 1 amide bonds. The molecular weight excluding hydrogens is 615 g/mol. The Morgan fingerprint density at radius 3 is 2.45 bits per heavy atom. The number of hydrogen-bond acceptors (Lipinski definition) is 6. The van der Waals surface area contributed by atoms with E-state index >= 15 is 0 Å². The lowest BCUT2D eigenvalue weighted by atomic mass is 10.2. The number of nitrogens with one attached hydrogen (secondary N) is 1. The number of alkyl halides is 3. The smallest absolute Gasteiger partial charge is 0.417 e. The summed E-state index contributed by atoms with van der Waals surface area (Å²) in [6.45, 7) is 0.839. The van der Waals surface area contributed by atoms with Gasteiger partial charge in [0.1, 0.15) is 6.54 Å². The number of phenols is 1. The van der Waals surface area contributed by atoms with Crippen LogP contribution in [0.25, 0.3) is 0 Å². The molecule has 0 spiro atoms. The van der Waals surface area contributed by atoms with Gasteiger partial charge in [0.15, 0.2) is 11.5 Å². The Hall–Kier alpha value is -3.29. The van der Waals surface area contributed by atoms with Crippen molar-refractivity contribution in [1.82, 2.24) is 5.43 Å². The van der Waals surface area contributed by atoms with Crippen molar-refractivity contribution in [2.45, 2.75) is 18.0 Å². The minimum Gasteiger partial charge on any atom is -0.503 e. The maximum absolute atomic E-state index is 13.5. The first kappa shape index (κ1) is 29.3. The molecular formula is C24H20BrClF3N3O5S. The molecule has 0 bridgehead atoms. The Kier molecular flexibility index (Phi) is 8.95. The number of phenolic OH excluding ortho intramolecular Hbond substituents is 1. The van der Waals surface area contributed by atoms with Crippen molar-refractivity contribution in [2.24, 2.45) is 5.10 Å². The van der Waals surface area contributed by atoms with Gasteiger partial charge in [-0.2, -0.15) is 18.3 Å². The Labute approximate surface area is 229 Å². The van der Waals surface area contributed by atoms with Crippen molar-refractivity contribution in [3.05, 3.63) is 80.8 Å². The second kappa shape index (κ2) is 11.6. The van der Waals surface area contributed by atoms with Gasteiger partial charge in [0, 0.05) is 0 Å². The molecule has 3 aromatic rings. The number of aromatic hydroxyl groups is 1. The lowest BCUT2D eigenvalue weighted by Gasteiger charge is -2.25. The summed E-state index contributed by atoms with van der Waals surface area (Å²) in [6.07, 6.45) is -3.66. The molecule has 3 rings (SSSR count). The molecule has 0 saturated carbocycles. The van der Waals surface area contributed by atoms with Crippen LogP contribution in [0, 0.1) is 6.92 Å². The number of aryl methyl sites for hydroxylation is 1. The second-order valence-electron chi connectivity index (χ2n) is 7.83. The fourth-order valence-corrected chi connectivity index (χ4v) is 5.30. The predicted molar refractivity (Wildman–Crippen MR) is 140 cm³/mol. The molecule has 0 atom stereocenters. The summed E-state index contributed by atoms with van der Waals surface area (Å²) in [4.78, 5) is 12.5. The number of hydrazone groups is 1. The van der Waals surface area contributed by atoms with Crippen LogP contribution in [0.15, 0.2) is 69.1 Å². The van der Waals surface area contributed by atoms with Crippen molar-refractivity contribution in [1.29, 1.82) is 0 Å². The van der Waals surface area contributed by atoms with Gasteiger partial charge in [-0.3, -0.25) is 9.10 Å². The molecule has 3 aromatic carbocycles. The molecule has 0 radical (unpaired) electrons. The zero-order valence-electron chi connectivity index (χ0n) is 19.8. The third-order valence-corrected chi connectivity index (χ3v) is 7.84. The highest BCUT2D eigenvalue weighted by molar-refractivity contribution is 9.10. The van der Waals surface area contributed by atoms with E-state index in [1.165, 1.54) is 49.7 Å². The van der Waals surface area contributed by atoms with E-state index in [4.69, 9.17) is 16.3 Å². The summed E-state index contributed by atoms with van der Waals surface area (Å²) in [6, 6.07) is 11.0. The molecule has 0 unspecified atom stereocenters. The topological polar surface area (TPSA) is 108 Å². The van der Waals surface area contributed by atoms with Gasteiger partial charge in [-0.1, -0.05) is 29.3 Å². The minimum atomic E-state index is -4.86. The summed E-state index contributed by atoms with van der Waals surface area (Å²) in [5.41, 5.74) is 1.63. The third kappa shape index (κ3) is 6.77. The molecule has 38 heavy (non-hydrogen) atoms. The maximum Gasteiger partial charge on any atom is 0.417 e. The van der Waals surface area contributed by atoms with E-state index in [2.05, 4.69) is 26.5 Å². The van der Waals surface area contributed by atoms with Crippen molar-refractivity contribution in [2.75, 3.05) is 18.0 Å². The molecule has 0 aliphatic carbocycles. The first-order valence-corrected chi connectivity index (χ1v) is 13.2. The van der Waals surface area contributed by atoms with Gasteiger partial charge in [-0.05, 0) is 70.9 Å². The first-order chi connectivity index (χ1) is 17.7. The van der Waals surface area contributed by atoms with E-state index in [0.717, 1.165) is 17.7 Å². The molecule has 2 N–H and O–H groups in total. The number of carbonyl (C=O) groups excluding carboxylic acids is 1. The van der Waals surface area contributed by atoms with Gasteiger partial charge in [-0.25, -0.2) is 13.8 Å². The van der Waals surface area contributed by atoms with E-state index in [0.29, 0.717) is 20.4 Å². The van der Waals surface area contributed by atoms with Gasteiger partial charge < -0.3 is 9.84 Å². The van der Waals surface area contributed by atoms with Gasteiger partial charge in [0.2, 0.25) is 0 Å². The Morgan fingerprint density at radius 2 is 1.84 bits per heavy atom. The van der Waals surface area contributed by atoms with Crippen LogP contribution in [0.3, 0.4) is 0 Å². The number of carbonyl (C=O) groups is 1. The fourth-order valence-electron chi connectivity index (χ4n) is 3.21. The van der Waals surface area contributed by atoms with Gasteiger partial charge in [0.05, 0.1) is 39.0 Å². The lowest BCUT2D eigenvalue weighted by molar-refractivity contribution is -0.137. The van der Waals surface area contributed by atoms with Crippen LogP contribution in [-0.2, 0) is 21.0 Å². The molecule has 0 aliphatic heterocycles. The number of rotatable bonds is 8. The third-order valence-electron chi connectivity index (χ3n) is 5.11. The number of amides is 1. The number of ether oxygens (including phenoxy) is 1. The zero-order valence-corrected chi connectivity index (χ0v) is 22.9. The average Bonchev–Trinajstić information content (AvgIpc) is 2.84. The van der Waals surface area contributed by atoms with Crippen LogP contribution in [-0.4, -0.2) is 39.3 Å². The van der Waals surface area contributed by atoms with Crippen LogP contribution < -0.4 is 14.5 Å². The second-order valence-corrected chi connectivity index (χ2v) is 11.0. The SMILES string of the molecule is COc1cc(/C=N\NC(=O)CN(c2ccc(Cl)c(C(F)(F)F)c2)S(=O)(=O)c2ccc(C)cc2)cc(Br)c1O. The Bertz CT molecular complexity index is 1480. The van der Waals surface area contributed by atoms with Crippen LogP contribution >= 0.6 is 27.5 Å². The highest BCUT2D eigenvalue weighted by atomic mass is 79.9. The number of hydrogen-bond donors (Lipinski definition) is 2. The highest BCUT2D eigenvalue weighted by Gasteiger charge is 2.35. The molecule has 202 valence electrons. The molecule has 8 nitrogen and oxygen atoms in total. The number of benzene rings is 3. The van der Waals surface area contributed by atoms with Gasteiger partial charge >= 0.3 is 6.18 Å². The van der Waals surface area contributed by atoms with E-state index in [1.807, 2.05) is 0 Å². The normalized spacial score (nSPS) is 12.0. The summed E-state index contributed by atoms with van der Waals surface area (Å²) in [7, 11) is -3.14. The van der Waals surface area contributed by atoms with E-state index in [-0.39, 0.29) is 16.4 Å². The number of sulfonamides is 1. The number of nitrogens with zero attached hydrogens (tertiary/aromatic N) is 2. The van der Waals surface area contributed by atoms with E-state index in [1.54, 1.807) is 6.92 Å². The number of anilines is 1. The maximum atomic E-state index is 13.5. The molecule has 0 saturated heterocycles. The van der Waals surface area contributed by atoms with Crippen molar-refractivity contribution in [3.8, 4) is 11.5 Å². The van der Waals surface area contributed by atoms with E-state index in [9.17, 15) is 31.5 Å². The average molecular weight is 635 g/mol. The number of halogens is 5. The molecule has 0 aromatic heterocycles. The summed E-state index contributed by atoms with van der Waals surface area (Å²) >= 11 is 8.84. The fraction of sp³-hybridized carbons (Fsp3) is 0.167. The lowest BCUT2D eigenvalue weighted by Crippen LogP contribution is -2.39. The minimum absolute atomic E-state index is 0.130. The monoisotopic (exact) mass is 633 g/mol. The van der Waals surface area contributed by atoms with E-state index < -0.39 is 44.9 Å². The Balaban J connectivity index is 1.94. The Morgan fingerprint density at radius 1 is 1.18 bits per heavy atom. The number of methoxy groups -OCH3 is 1.